The standard InChI is InChI=1S/C58H74O9/c1-32-43-35(52(7)22-26-56(11)41-31-50(5,46(63)64)18-16-48(41,3)20-24-54(56,9)39(52)29-36(43)59)27-37-44(32)67-58(65)42(60)28-34-33(57(58,12)66-37)13-14-38-51(34,6)21-25-55(10)40-30-49(4,45(61)62)17-15-47(40,2)19-23-53(38,55)8/h13-14,27-29,40-41,65H,15-26,30-31H2,1-12H3,(H,61,62)(H,63,64)/t40-,41-,47-,48-,49-,50-,51+,52+,53-,54-,55+,56+,57+,58-/m1/s1. The molecule has 1 aromatic rings. The van der Waals surface area contributed by atoms with Gasteiger partial charge < -0.3 is 24.8 Å². The van der Waals surface area contributed by atoms with Crippen molar-refractivity contribution in [1.82, 2.24) is 0 Å². The minimum absolute atomic E-state index is 0.0268. The normalized spacial score (nSPS) is 50.0. The molecule has 14 atom stereocenters. The molecule has 3 N–H and O–H groups in total. The molecule has 0 saturated heterocycles. The first kappa shape index (κ1) is 45.5. The molecule has 67 heavy (non-hydrogen) atoms. The van der Waals surface area contributed by atoms with E-state index in [2.05, 4.69) is 67.5 Å². The second-order valence-electron chi connectivity index (χ2n) is 26.9. The molecule has 1 aliphatic heterocycles. The van der Waals surface area contributed by atoms with E-state index in [-0.39, 0.29) is 55.9 Å². The minimum Gasteiger partial charge on any atom is -0.481 e. The van der Waals surface area contributed by atoms with Crippen molar-refractivity contribution in [2.45, 2.75) is 190 Å². The maximum atomic E-state index is 14.8. The van der Waals surface area contributed by atoms with Gasteiger partial charge in [0.1, 0.15) is 0 Å². The monoisotopic (exact) mass is 915 g/mol. The van der Waals surface area contributed by atoms with E-state index < -0.39 is 50.8 Å². The van der Waals surface area contributed by atoms with Gasteiger partial charge in [-0.25, -0.2) is 0 Å². The number of carbonyl (C=O) groups excluding carboxylic acids is 2. The predicted molar refractivity (Wildman–Crippen MR) is 255 cm³/mol. The summed E-state index contributed by atoms with van der Waals surface area (Å²) in [5.74, 6) is -3.52. The lowest BCUT2D eigenvalue weighted by Crippen LogP contribution is -2.70. The largest absolute Gasteiger partial charge is 0.481 e. The first-order chi connectivity index (χ1) is 30.9. The molecule has 6 saturated carbocycles. The van der Waals surface area contributed by atoms with Crippen LogP contribution in [0, 0.1) is 67.5 Å². The number of benzene rings is 1. The summed E-state index contributed by atoms with van der Waals surface area (Å²) in [4.78, 5) is 55.0. The number of rotatable bonds is 2. The summed E-state index contributed by atoms with van der Waals surface area (Å²) < 4.78 is 13.8. The van der Waals surface area contributed by atoms with Crippen molar-refractivity contribution in [3.8, 4) is 11.5 Å². The maximum absolute atomic E-state index is 14.8. The van der Waals surface area contributed by atoms with Gasteiger partial charge >= 0.3 is 17.7 Å². The van der Waals surface area contributed by atoms with Crippen LogP contribution in [0.25, 0.3) is 0 Å². The lowest BCUT2D eigenvalue weighted by Gasteiger charge is -2.70. The quantitative estimate of drug-likeness (QED) is 0.264. The Bertz CT molecular complexity index is 2690. The Kier molecular flexibility index (Phi) is 8.72. The van der Waals surface area contributed by atoms with Crippen molar-refractivity contribution in [3.63, 3.8) is 0 Å². The van der Waals surface area contributed by atoms with E-state index in [1.807, 2.05) is 32.9 Å². The van der Waals surface area contributed by atoms with Gasteiger partial charge in [-0.05, 0) is 197 Å². The molecule has 0 radical (unpaired) electrons. The Morgan fingerprint density at radius 2 is 1.10 bits per heavy atom. The summed E-state index contributed by atoms with van der Waals surface area (Å²) in [5.41, 5.74) is 0.705. The van der Waals surface area contributed by atoms with Crippen LogP contribution in [0.4, 0.5) is 0 Å². The number of fused-ring (bicyclic) bond motifs is 17. The van der Waals surface area contributed by atoms with Gasteiger partial charge in [-0.2, -0.15) is 0 Å². The Balaban J connectivity index is 0.988. The summed E-state index contributed by atoms with van der Waals surface area (Å²) >= 11 is 0. The van der Waals surface area contributed by atoms with Crippen molar-refractivity contribution in [1.29, 1.82) is 0 Å². The number of allylic oxidation sites excluding steroid dienone is 5. The molecule has 1 aromatic carbocycles. The topological polar surface area (TPSA) is 147 Å². The number of carbonyl (C=O) groups is 4. The zero-order chi connectivity index (χ0) is 48.5. The van der Waals surface area contributed by atoms with Crippen LogP contribution < -0.4 is 9.47 Å². The van der Waals surface area contributed by atoms with Gasteiger partial charge in [0.2, 0.25) is 11.4 Å². The number of hydrogen-bond acceptors (Lipinski definition) is 7. The number of aliphatic hydroxyl groups is 1. The molecule has 0 spiro atoms. The third-order valence-corrected chi connectivity index (χ3v) is 23.9. The molecule has 0 amide bonds. The summed E-state index contributed by atoms with van der Waals surface area (Å²) in [6, 6.07) is 1.98. The van der Waals surface area contributed by atoms with Gasteiger partial charge in [0.05, 0.1) is 10.8 Å². The van der Waals surface area contributed by atoms with Crippen LogP contribution in [-0.4, -0.2) is 50.2 Å². The Morgan fingerprint density at radius 3 is 1.64 bits per heavy atom. The smallest absolute Gasteiger partial charge is 0.317 e. The maximum Gasteiger partial charge on any atom is 0.317 e. The van der Waals surface area contributed by atoms with Gasteiger partial charge in [-0.15, -0.1) is 0 Å². The fourth-order valence-electron chi connectivity index (χ4n) is 18.4. The number of ketones is 2. The van der Waals surface area contributed by atoms with Crippen LogP contribution in [0.5, 0.6) is 11.5 Å². The molecule has 360 valence electrons. The van der Waals surface area contributed by atoms with E-state index >= 15 is 0 Å². The Morgan fingerprint density at radius 1 is 0.597 bits per heavy atom. The number of hydrogen-bond donors (Lipinski definition) is 3. The highest BCUT2D eigenvalue weighted by Crippen LogP contribution is 2.78. The Hall–Kier alpha value is -3.98. The molecule has 1 heterocycles. The van der Waals surface area contributed by atoms with E-state index in [0.717, 1.165) is 80.9 Å². The van der Waals surface area contributed by atoms with E-state index in [0.29, 0.717) is 48.1 Å². The molecule has 10 aliphatic rings. The number of carboxylic acid groups (broad SMARTS) is 2. The predicted octanol–water partition coefficient (Wildman–Crippen LogP) is 12.0. The summed E-state index contributed by atoms with van der Waals surface area (Å²) in [5, 5.41) is 33.6. The van der Waals surface area contributed by atoms with Gasteiger partial charge in [-0.3, -0.25) is 19.2 Å². The summed E-state index contributed by atoms with van der Waals surface area (Å²) in [6.07, 6.45) is 19.4. The molecule has 11 rings (SSSR count). The average Bonchev–Trinajstić information content (AvgIpc) is 3.25. The van der Waals surface area contributed by atoms with Crippen LogP contribution in [0.3, 0.4) is 0 Å². The molecule has 9 heteroatoms. The Labute approximate surface area is 397 Å². The zero-order valence-electron chi connectivity index (χ0n) is 42.2. The first-order valence-corrected chi connectivity index (χ1v) is 25.6. The molecule has 6 fully saturated rings. The second kappa shape index (κ2) is 12.9. The summed E-state index contributed by atoms with van der Waals surface area (Å²) in [6.45, 7) is 26.3. The fraction of sp³-hybridized carbons (Fsp3) is 0.690. The highest BCUT2D eigenvalue weighted by molar-refractivity contribution is 6.10. The summed E-state index contributed by atoms with van der Waals surface area (Å²) in [7, 11) is 0. The van der Waals surface area contributed by atoms with Crippen LogP contribution >= 0.6 is 0 Å². The highest BCUT2D eigenvalue weighted by atomic mass is 16.7. The molecule has 9 aliphatic carbocycles. The van der Waals surface area contributed by atoms with E-state index in [4.69, 9.17) is 9.47 Å². The van der Waals surface area contributed by atoms with E-state index in [1.165, 1.54) is 5.57 Å². The van der Waals surface area contributed by atoms with Crippen molar-refractivity contribution in [3.05, 3.63) is 69.4 Å². The minimum atomic E-state index is -2.40. The number of carboxylic acids is 2. The molecule has 0 aromatic heterocycles. The number of ether oxygens (including phenoxy) is 2. The second-order valence-corrected chi connectivity index (χ2v) is 26.9. The molecule has 9 nitrogen and oxygen atoms in total. The van der Waals surface area contributed by atoms with Gasteiger partial charge in [0.25, 0.3) is 0 Å². The van der Waals surface area contributed by atoms with Crippen LogP contribution in [-0.2, 0) is 19.8 Å². The van der Waals surface area contributed by atoms with Gasteiger partial charge in [0.15, 0.2) is 17.3 Å². The van der Waals surface area contributed by atoms with Crippen LogP contribution in [0.2, 0.25) is 0 Å². The molecular formula is C58H74O9. The third kappa shape index (κ3) is 5.07. The van der Waals surface area contributed by atoms with Crippen LogP contribution in [0.15, 0.2) is 52.7 Å². The van der Waals surface area contributed by atoms with E-state index in [9.17, 15) is 34.5 Å². The molecule has 0 unspecified atom stereocenters. The highest BCUT2D eigenvalue weighted by Gasteiger charge is 2.72. The van der Waals surface area contributed by atoms with Crippen molar-refractivity contribution in [2.75, 3.05) is 0 Å². The van der Waals surface area contributed by atoms with Crippen molar-refractivity contribution < 1.29 is 44.0 Å². The molecule has 0 bridgehead atoms. The fourth-order valence-corrected chi connectivity index (χ4v) is 18.4. The lowest BCUT2D eigenvalue weighted by atomic mass is 9.34. The van der Waals surface area contributed by atoms with Gasteiger partial charge in [-0.1, -0.05) is 73.1 Å². The first-order valence-electron chi connectivity index (χ1n) is 25.6. The van der Waals surface area contributed by atoms with E-state index in [1.54, 1.807) is 13.0 Å². The number of aliphatic carboxylic acids is 2. The zero-order valence-corrected chi connectivity index (χ0v) is 42.2. The van der Waals surface area contributed by atoms with Gasteiger partial charge in [0, 0.05) is 27.5 Å². The van der Waals surface area contributed by atoms with Crippen molar-refractivity contribution in [2.24, 2.45) is 60.6 Å². The molecular weight excluding hydrogens is 841 g/mol. The van der Waals surface area contributed by atoms with Crippen LogP contribution in [0.1, 0.15) is 188 Å². The lowest BCUT2D eigenvalue weighted by molar-refractivity contribution is -0.231. The average molecular weight is 915 g/mol. The van der Waals surface area contributed by atoms with Crippen molar-refractivity contribution >= 4 is 23.5 Å². The SMILES string of the molecule is Cc1c2c(cc3c1C(=O)C=C1[C@@]3(C)CC[C@@]3(C)[C@@H]4C[C@](C)(C(=O)O)CC[C@]4(C)CC[C@]13C)O[C@@]1(C)C3=CC=C4[C@@](C)(CC[C@@]5(C)[C@@H]6C[C@](C)(C(=O)O)CC[C@]6(C)CC[C@]45C)C3=CC(=O)[C@@]1(O)O2. The third-order valence-electron chi connectivity index (χ3n) is 23.9.